The minimum absolute atomic E-state index is 1.10. The van der Waals surface area contributed by atoms with Crippen LogP contribution in [0.3, 0.4) is 0 Å². The molecule has 0 aliphatic rings. The van der Waals surface area contributed by atoms with E-state index in [1.807, 2.05) is 0 Å². The number of nitrogens with zero attached hydrogens (tertiary/aromatic N) is 2. The first kappa shape index (κ1) is 37.3. The predicted molar refractivity (Wildman–Crippen MR) is 272 cm³/mol. The van der Waals surface area contributed by atoms with Gasteiger partial charge in [-0.1, -0.05) is 194 Å². The first-order valence-corrected chi connectivity index (χ1v) is 22.0. The molecule has 0 radical (unpaired) electrons. The standard InChI is InChI=1S/C62H42N2/c1-3-15-43(16-4-1)44-29-31-45(32-30-44)46-35-37-52(38-36-46)63(51-20-5-2-6-21-51)59-26-11-9-23-56(59)48-18-13-19-49(41-48)57-25-14-28-61-62(57)58-24-10-12-27-60(58)64(61)53-39-40-55-50(42-53)34-33-47-17-7-8-22-54(47)55/h1-42H. The molecule has 0 atom stereocenters. The smallest absolute Gasteiger partial charge is 0.0547 e. The molecule has 2 nitrogen and oxygen atoms in total. The van der Waals surface area contributed by atoms with Gasteiger partial charge in [0.1, 0.15) is 0 Å². The summed E-state index contributed by atoms with van der Waals surface area (Å²) in [4.78, 5) is 2.38. The fourth-order valence-corrected chi connectivity index (χ4v) is 9.74. The highest BCUT2D eigenvalue weighted by Gasteiger charge is 2.20. The van der Waals surface area contributed by atoms with Crippen LogP contribution in [-0.2, 0) is 0 Å². The Labute approximate surface area is 373 Å². The van der Waals surface area contributed by atoms with Crippen molar-refractivity contribution in [3.05, 3.63) is 255 Å². The average molecular weight is 815 g/mol. The Morgan fingerprint density at radius 1 is 0.281 bits per heavy atom. The second-order valence-corrected chi connectivity index (χ2v) is 16.5. The third-order valence-electron chi connectivity index (χ3n) is 12.8. The number of para-hydroxylation sites is 3. The van der Waals surface area contributed by atoms with Crippen molar-refractivity contribution in [3.8, 4) is 50.2 Å². The molecule has 0 bridgehead atoms. The fraction of sp³-hybridized carbons (Fsp3) is 0. The molecule has 0 aliphatic heterocycles. The van der Waals surface area contributed by atoms with E-state index in [-0.39, 0.29) is 0 Å². The van der Waals surface area contributed by atoms with Crippen molar-refractivity contribution < 1.29 is 0 Å². The van der Waals surface area contributed by atoms with Gasteiger partial charge in [-0.15, -0.1) is 0 Å². The van der Waals surface area contributed by atoms with Gasteiger partial charge in [-0.25, -0.2) is 0 Å². The van der Waals surface area contributed by atoms with E-state index in [1.165, 1.54) is 76.7 Å². The third-order valence-corrected chi connectivity index (χ3v) is 12.8. The Morgan fingerprint density at radius 3 is 1.58 bits per heavy atom. The van der Waals surface area contributed by atoms with E-state index in [0.29, 0.717) is 0 Å². The summed E-state index contributed by atoms with van der Waals surface area (Å²) in [6.07, 6.45) is 0. The van der Waals surface area contributed by atoms with Gasteiger partial charge in [0.05, 0.1) is 16.7 Å². The summed E-state index contributed by atoms with van der Waals surface area (Å²) in [7, 11) is 0. The topological polar surface area (TPSA) is 8.17 Å². The van der Waals surface area contributed by atoms with Crippen molar-refractivity contribution in [2.24, 2.45) is 0 Å². The molecule has 300 valence electrons. The summed E-state index contributed by atoms with van der Waals surface area (Å²) in [5.74, 6) is 0. The Hall–Kier alpha value is -8.46. The van der Waals surface area contributed by atoms with Gasteiger partial charge in [0.25, 0.3) is 0 Å². The lowest BCUT2D eigenvalue weighted by molar-refractivity contribution is 1.19. The highest BCUT2D eigenvalue weighted by molar-refractivity contribution is 6.16. The second-order valence-electron chi connectivity index (χ2n) is 16.5. The lowest BCUT2D eigenvalue weighted by Gasteiger charge is -2.28. The number of aromatic nitrogens is 1. The molecule has 64 heavy (non-hydrogen) atoms. The molecular weight excluding hydrogens is 773 g/mol. The highest BCUT2D eigenvalue weighted by Crippen LogP contribution is 2.44. The van der Waals surface area contributed by atoms with Crippen LogP contribution >= 0.6 is 0 Å². The highest BCUT2D eigenvalue weighted by atomic mass is 15.1. The molecule has 0 aliphatic carbocycles. The van der Waals surface area contributed by atoms with Crippen LogP contribution in [0.2, 0.25) is 0 Å². The first-order chi connectivity index (χ1) is 31.7. The van der Waals surface area contributed by atoms with Crippen molar-refractivity contribution in [1.82, 2.24) is 4.57 Å². The summed E-state index contributed by atoms with van der Waals surface area (Å²) in [5, 5.41) is 7.54. The minimum Gasteiger partial charge on any atom is -0.310 e. The number of benzene rings is 11. The quantitative estimate of drug-likeness (QED) is 0.139. The van der Waals surface area contributed by atoms with Crippen molar-refractivity contribution in [2.45, 2.75) is 0 Å². The lowest BCUT2D eigenvalue weighted by Crippen LogP contribution is -2.11. The molecule has 0 fully saturated rings. The molecule has 2 heteroatoms. The van der Waals surface area contributed by atoms with Gasteiger partial charge in [-0.2, -0.15) is 0 Å². The summed E-state index contributed by atoms with van der Waals surface area (Å²) in [6.45, 7) is 0. The van der Waals surface area contributed by atoms with Gasteiger partial charge in [0.15, 0.2) is 0 Å². The van der Waals surface area contributed by atoms with Crippen LogP contribution in [0.5, 0.6) is 0 Å². The molecule has 0 saturated carbocycles. The average Bonchev–Trinajstić information content (AvgIpc) is 3.72. The normalized spacial score (nSPS) is 11.4. The monoisotopic (exact) mass is 814 g/mol. The van der Waals surface area contributed by atoms with E-state index in [0.717, 1.165) is 33.9 Å². The molecule has 1 heterocycles. The largest absolute Gasteiger partial charge is 0.310 e. The van der Waals surface area contributed by atoms with Crippen LogP contribution in [0, 0.1) is 0 Å². The Bertz CT molecular complexity index is 3640. The molecule has 12 rings (SSSR count). The SMILES string of the molecule is c1ccc(-c2ccc(-c3ccc(N(c4ccccc4)c4ccccc4-c4cccc(-c5cccc6c5c5ccccc5n6-c5ccc6c(ccc7ccccc76)c5)c4)cc3)cc2)cc1. The zero-order valence-electron chi connectivity index (χ0n) is 35.1. The van der Waals surface area contributed by atoms with Crippen molar-refractivity contribution >= 4 is 60.4 Å². The maximum absolute atomic E-state index is 2.44. The van der Waals surface area contributed by atoms with Gasteiger partial charge in [-0.05, 0) is 121 Å². The zero-order chi connectivity index (χ0) is 42.4. The molecule has 0 saturated heterocycles. The minimum atomic E-state index is 1.10. The first-order valence-electron chi connectivity index (χ1n) is 22.0. The van der Waals surface area contributed by atoms with E-state index in [4.69, 9.17) is 0 Å². The van der Waals surface area contributed by atoms with Crippen LogP contribution < -0.4 is 4.90 Å². The Balaban J connectivity index is 0.943. The van der Waals surface area contributed by atoms with Gasteiger partial charge in [-0.3, -0.25) is 0 Å². The van der Waals surface area contributed by atoms with Gasteiger partial charge in [0, 0.05) is 33.4 Å². The molecule has 11 aromatic carbocycles. The Kier molecular flexibility index (Phi) is 9.20. The van der Waals surface area contributed by atoms with Crippen LogP contribution in [0.15, 0.2) is 255 Å². The van der Waals surface area contributed by atoms with Gasteiger partial charge < -0.3 is 9.47 Å². The molecule has 0 amide bonds. The van der Waals surface area contributed by atoms with Gasteiger partial charge in [0.2, 0.25) is 0 Å². The van der Waals surface area contributed by atoms with Crippen LogP contribution in [0.25, 0.3) is 93.5 Å². The predicted octanol–water partition coefficient (Wildman–Crippen LogP) is 17.2. The number of hydrogen-bond acceptors (Lipinski definition) is 1. The van der Waals surface area contributed by atoms with E-state index in [1.54, 1.807) is 0 Å². The maximum atomic E-state index is 2.44. The van der Waals surface area contributed by atoms with Crippen LogP contribution in [0.4, 0.5) is 17.1 Å². The molecular formula is C62H42N2. The number of hydrogen-bond donors (Lipinski definition) is 0. The van der Waals surface area contributed by atoms with Crippen LogP contribution in [-0.4, -0.2) is 4.57 Å². The summed E-state index contributed by atoms with van der Waals surface area (Å²) < 4.78 is 2.44. The summed E-state index contributed by atoms with van der Waals surface area (Å²) >= 11 is 0. The van der Waals surface area contributed by atoms with E-state index in [9.17, 15) is 0 Å². The Morgan fingerprint density at radius 2 is 0.797 bits per heavy atom. The molecule has 12 aromatic rings. The molecule has 0 unspecified atom stereocenters. The van der Waals surface area contributed by atoms with E-state index >= 15 is 0 Å². The van der Waals surface area contributed by atoms with Crippen molar-refractivity contribution in [3.63, 3.8) is 0 Å². The van der Waals surface area contributed by atoms with Gasteiger partial charge >= 0.3 is 0 Å². The number of rotatable bonds is 8. The third kappa shape index (κ3) is 6.52. The lowest BCUT2D eigenvalue weighted by atomic mass is 9.94. The molecule has 1 aromatic heterocycles. The number of fused-ring (bicyclic) bond motifs is 6. The summed E-state index contributed by atoms with van der Waals surface area (Å²) in [6, 6.07) is 92.6. The zero-order valence-corrected chi connectivity index (χ0v) is 35.1. The van der Waals surface area contributed by atoms with E-state index in [2.05, 4.69) is 264 Å². The molecule has 0 spiro atoms. The van der Waals surface area contributed by atoms with Crippen LogP contribution in [0.1, 0.15) is 0 Å². The fourth-order valence-electron chi connectivity index (χ4n) is 9.74. The number of anilines is 3. The second kappa shape index (κ2) is 15.8. The van der Waals surface area contributed by atoms with Crippen molar-refractivity contribution in [2.75, 3.05) is 4.90 Å². The molecule has 0 N–H and O–H groups in total. The summed E-state index contributed by atoms with van der Waals surface area (Å²) in [5.41, 5.74) is 16.4. The van der Waals surface area contributed by atoms with E-state index < -0.39 is 0 Å². The maximum Gasteiger partial charge on any atom is 0.0547 e. The van der Waals surface area contributed by atoms with Crippen molar-refractivity contribution in [1.29, 1.82) is 0 Å².